The van der Waals surface area contributed by atoms with E-state index in [0.29, 0.717) is 27.9 Å². The van der Waals surface area contributed by atoms with Crippen LogP contribution in [0.1, 0.15) is 15.9 Å². The molecule has 0 radical (unpaired) electrons. The van der Waals surface area contributed by atoms with E-state index in [2.05, 4.69) is 15.5 Å². The maximum absolute atomic E-state index is 14.2. The van der Waals surface area contributed by atoms with Gasteiger partial charge in [0.1, 0.15) is 22.6 Å². The van der Waals surface area contributed by atoms with E-state index >= 15 is 0 Å². The highest BCUT2D eigenvalue weighted by Gasteiger charge is 2.27. The van der Waals surface area contributed by atoms with Crippen LogP contribution in [0.5, 0.6) is 0 Å². The van der Waals surface area contributed by atoms with Gasteiger partial charge in [-0.25, -0.2) is 17.8 Å². The molecule has 208 valence electrons. The normalized spacial score (nSPS) is 11.8. The van der Waals surface area contributed by atoms with E-state index in [1.165, 1.54) is 32.3 Å². The van der Waals surface area contributed by atoms with Crippen molar-refractivity contribution in [1.29, 1.82) is 0 Å². The Morgan fingerprint density at radius 1 is 1.02 bits per heavy atom. The standard InChI is InChI=1S/C29H23FN4O6S/c1-15-8-10-16(11-9-15)27-25(28(35)31-2)18-12-17(21(14-23(18)38-27)34(3)41(4,36)37)20-13-24(40-33-20)29-32-26-19(30)6-5-7-22(26)39-29/h5-14H,1-4H3,(H,31,35). The van der Waals surface area contributed by atoms with Crippen molar-refractivity contribution in [3.05, 3.63) is 77.6 Å². The molecule has 41 heavy (non-hydrogen) atoms. The second-order valence-corrected chi connectivity index (χ2v) is 11.5. The lowest BCUT2D eigenvalue weighted by Gasteiger charge is -2.19. The van der Waals surface area contributed by atoms with Gasteiger partial charge in [0.25, 0.3) is 11.8 Å². The van der Waals surface area contributed by atoms with Gasteiger partial charge in [-0.3, -0.25) is 9.10 Å². The summed E-state index contributed by atoms with van der Waals surface area (Å²) in [7, 11) is -0.812. The summed E-state index contributed by atoms with van der Waals surface area (Å²) in [5.41, 5.74) is 3.36. The van der Waals surface area contributed by atoms with Gasteiger partial charge in [-0.15, -0.1) is 0 Å². The number of aryl methyl sites for hydroxylation is 1. The third kappa shape index (κ3) is 4.51. The zero-order valence-electron chi connectivity index (χ0n) is 22.4. The highest BCUT2D eigenvalue weighted by atomic mass is 32.2. The molecule has 0 spiro atoms. The Kier molecular flexibility index (Phi) is 6.14. The van der Waals surface area contributed by atoms with Crippen LogP contribution >= 0.6 is 0 Å². The molecular formula is C29H23FN4O6S. The molecule has 3 aromatic heterocycles. The number of para-hydroxylation sites is 1. The Bertz CT molecular complexity index is 2080. The van der Waals surface area contributed by atoms with Crippen LogP contribution in [0.4, 0.5) is 10.1 Å². The summed E-state index contributed by atoms with van der Waals surface area (Å²) in [6, 6.07) is 16.5. The first-order valence-electron chi connectivity index (χ1n) is 12.4. The van der Waals surface area contributed by atoms with E-state index in [0.717, 1.165) is 16.1 Å². The second-order valence-electron chi connectivity index (χ2n) is 9.53. The number of hydrogen-bond acceptors (Lipinski definition) is 8. The molecule has 0 unspecified atom stereocenters. The minimum Gasteiger partial charge on any atom is -0.455 e. The third-order valence-electron chi connectivity index (χ3n) is 6.78. The molecule has 0 atom stereocenters. The zero-order chi connectivity index (χ0) is 29.1. The number of nitrogens with zero attached hydrogens (tertiary/aromatic N) is 3. The lowest BCUT2D eigenvalue weighted by atomic mass is 10.0. The fraction of sp³-hybridized carbons (Fsp3) is 0.138. The number of anilines is 1. The van der Waals surface area contributed by atoms with E-state index < -0.39 is 15.8 Å². The number of fused-ring (bicyclic) bond motifs is 2. The van der Waals surface area contributed by atoms with Gasteiger partial charge in [0.15, 0.2) is 11.4 Å². The van der Waals surface area contributed by atoms with Gasteiger partial charge in [-0.2, -0.15) is 0 Å². The number of sulfonamides is 1. The lowest BCUT2D eigenvalue weighted by Crippen LogP contribution is -2.25. The summed E-state index contributed by atoms with van der Waals surface area (Å²) < 4.78 is 57.8. The summed E-state index contributed by atoms with van der Waals surface area (Å²) >= 11 is 0. The Labute approximate surface area is 233 Å². The van der Waals surface area contributed by atoms with E-state index in [4.69, 9.17) is 13.4 Å². The largest absolute Gasteiger partial charge is 0.455 e. The van der Waals surface area contributed by atoms with Crippen LogP contribution in [-0.4, -0.2) is 44.8 Å². The minimum atomic E-state index is -3.72. The van der Waals surface area contributed by atoms with Gasteiger partial charge in [-0.05, 0) is 25.1 Å². The number of rotatable bonds is 6. The van der Waals surface area contributed by atoms with Gasteiger partial charge in [-0.1, -0.05) is 41.1 Å². The molecule has 0 saturated carbocycles. The highest BCUT2D eigenvalue weighted by molar-refractivity contribution is 7.92. The number of carbonyl (C=O) groups is 1. The maximum Gasteiger partial charge on any atom is 0.267 e. The molecule has 0 saturated heterocycles. The quantitative estimate of drug-likeness (QED) is 0.265. The molecular weight excluding hydrogens is 551 g/mol. The van der Waals surface area contributed by atoms with Crippen LogP contribution in [0.15, 0.2) is 74.0 Å². The topological polar surface area (TPSA) is 132 Å². The van der Waals surface area contributed by atoms with E-state index in [-0.39, 0.29) is 45.6 Å². The first-order chi connectivity index (χ1) is 19.5. The number of nitrogens with one attached hydrogen (secondary N) is 1. The average molecular weight is 575 g/mol. The van der Waals surface area contributed by atoms with Gasteiger partial charge in [0.05, 0.1) is 17.5 Å². The second kappa shape index (κ2) is 9.59. The summed E-state index contributed by atoms with van der Waals surface area (Å²) in [5.74, 6) is -0.504. The van der Waals surface area contributed by atoms with Gasteiger partial charge < -0.3 is 18.7 Å². The summed E-state index contributed by atoms with van der Waals surface area (Å²) in [4.78, 5) is 17.3. The molecule has 12 heteroatoms. The molecule has 6 aromatic rings. The number of halogens is 1. The van der Waals surface area contributed by atoms with Crippen molar-refractivity contribution < 1.29 is 31.0 Å². The number of aromatic nitrogens is 2. The monoisotopic (exact) mass is 574 g/mol. The van der Waals surface area contributed by atoms with E-state index in [1.54, 1.807) is 18.2 Å². The van der Waals surface area contributed by atoms with Crippen molar-refractivity contribution in [3.63, 3.8) is 0 Å². The van der Waals surface area contributed by atoms with Crippen molar-refractivity contribution in [1.82, 2.24) is 15.5 Å². The predicted molar refractivity (Wildman–Crippen MR) is 151 cm³/mol. The van der Waals surface area contributed by atoms with Crippen LogP contribution in [0.2, 0.25) is 0 Å². The first kappa shape index (κ1) is 26.3. The van der Waals surface area contributed by atoms with Crippen molar-refractivity contribution in [2.75, 3.05) is 24.7 Å². The number of hydrogen-bond donors (Lipinski definition) is 1. The molecule has 0 fully saturated rings. The Morgan fingerprint density at radius 3 is 2.46 bits per heavy atom. The molecule has 1 N–H and O–H groups in total. The van der Waals surface area contributed by atoms with Gasteiger partial charge in [0, 0.05) is 42.7 Å². The van der Waals surface area contributed by atoms with E-state index in [9.17, 15) is 17.6 Å². The fourth-order valence-electron chi connectivity index (χ4n) is 4.56. The van der Waals surface area contributed by atoms with Crippen LogP contribution < -0.4 is 9.62 Å². The number of benzene rings is 3. The number of carbonyl (C=O) groups excluding carboxylic acids is 1. The zero-order valence-corrected chi connectivity index (χ0v) is 23.2. The highest BCUT2D eigenvalue weighted by Crippen LogP contribution is 2.42. The molecule has 0 aliphatic carbocycles. The molecule has 6 rings (SSSR count). The Hall–Kier alpha value is -4.97. The van der Waals surface area contributed by atoms with Crippen LogP contribution in [-0.2, 0) is 10.0 Å². The van der Waals surface area contributed by atoms with E-state index in [1.807, 2.05) is 31.2 Å². The number of amides is 1. The molecule has 1 amide bonds. The Morgan fingerprint density at radius 2 is 1.78 bits per heavy atom. The number of oxazole rings is 1. The van der Waals surface area contributed by atoms with Crippen molar-refractivity contribution in [3.8, 4) is 34.2 Å². The maximum atomic E-state index is 14.2. The van der Waals surface area contributed by atoms with Crippen LogP contribution in [0.25, 0.3) is 56.3 Å². The lowest BCUT2D eigenvalue weighted by molar-refractivity contribution is 0.0964. The number of furan rings is 1. The third-order valence-corrected chi connectivity index (χ3v) is 7.97. The van der Waals surface area contributed by atoms with Crippen LogP contribution in [0, 0.1) is 12.7 Å². The minimum absolute atomic E-state index is 0.000959. The van der Waals surface area contributed by atoms with Crippen molar-refractivity contribution >= 4 is 43.7 Å². The molecule has 3 heterocycles. The fourth-order valence-corrected chi connectivity index (χ4v) is 5.07. The SMILES string of the molecule is CNC(=O)c1c(-c2ccc(C)cc2)oc2cc(N(C)S(C)(=O)=O)c(-c3cc(-c4nc5c(F)cccc5o4)on3)cc12. The summed E-state index contributed by atoms with van der Waals surface area (Å²) in [6.45, 7) is 1.95. The first-order valence-corrected chi connectivity index (χ1v) is 14.3. The van der Waals surface area contributed by atoms with Gasteiger partial charge >= 0.3 is 0 Å². The van der Waals surface area contributed by atoms with Crippen molar-refractivity contribution in [2.45, 2.75) is 6.92 Å². The van der Waals surface area contributed by atoms with Crippen molar-refractivity contribution in [2.24, 2.45) is 0 Å². The van der Waals surface area contributed by atoms with Gasteiger partial charge in [0.2, 0.25) is 15.8 Å². The predicted octanol–water partition coefficient (Wildman–Crippen LogP) is 5.77. The molecule has 0 aliphatic heterocycles. The van der Waals surface area contributed by atoms with Crippen LogP contribution in [0.3, 0.4) is 0 Å². The smallest absolute Gasteiger partial charge is 0.267 e. The molecule has 0 bridgehead atoms. The average Bonchev–Trinajstić information content (AvgIpc) is 3.68. The molecule has 10 nitrogen and oxygen atoms in total. The summed E-state index contributed by atoms with van der Waals surface area (Å²) in [5, 5.41) is 7.23. The Balaban J connectivity index is 1.58. The molecule has 0 aliphatic rings. The summed E-state index contributed by atoms with van der Waals surface area (Å²) in [6.07, 6.45) is 1.07. The molecule has 3 aromatic carbocycles.